The van der Waals surface area contributed by atoms with Gasteiger partial charge in [0.25, 0.3) is 0 Å². The van der Waals surface area contributed by atoms with Crippen LogP contribution in [0.5, 0.6) is 0 Å². The summed E-state index contributed by atoms with van der Waals surface area (Å²) >= 11 is 0. The third kappa shape index (κ3) is 5.64. The molecule has 2 atom stereocenters. The van der Waals surface area contributed by atoms with Crippen molar-refractivity contribution >= 4 is 15.9 Å². The van der Waals surface area contributed by atoms with E-state index in [1.165, 1.54) is 25.9 Å². The van der Waals surface area contributed by atoms with Gasteiger partial charge in [-0.25, -0.2) is 13.2 Å². The number of carbonyl (C=O) groups is 1. The molecule has 2 fully saturated rings. The van der Waals surface area contributed by atoms with Crippen LogP contribution in [0.4, 0.5) is 4.79 Å². The van der Waals surface area contributed by atoms with Gasteiger partial charge in [0.15, 0.2) is 9.84 Å². The third-order valence-electron chi connectivity index (χ3n) is 4.96. The van der Waals surface area contributed by atoms with Crippen molar-refractivity contribution in [1.29, 1.82) is 0 Å². The van der Waals surface area contributed by atoms with Crippen molar-refractivity contribution < 1.29 is 13.2 Å². The largest absolute Gasteiger partial charge is 0.335 e. The normalized spacial score (nSPS) is 25.1. The van der Waals surface area contributed by atoms with Gasteiger partial charge in [0.2, 0.25) is 0 Å². The van der Waals surface area contributed by atoms with Crippen molar-refractivity contribution in [3.8, 4) is 0 Å². The second-order valence-corrected chi connectivity index (χ2v) is 9.26. The molecule has 2 heterocycles. The zero-order valence-corrected chi connectivity index (χ0v) is 15.3. The molecular formula is C16H31N3O3S. The summed E-state index contributed by atoms with van der Waals surface area (Å²) in [6.45, 7) is 7.32. The molecule has 0 aromatic carbocycles. The Bertz CT molecular complexity index is 489. The zero-order valence-electron chi connectivity index (χ0n) is 14.5. The van der Waals surface area contributed by atoms with Crippen molar-refractivity contribution in [3.05, 3.63) is 0 Å². The van der Waals surface area contributed by atoms with E-state index in [-0.39, 0.29) is 23.6 Å². The Morgan fingerprint density at radius 1 is 1.13 bits per heavy atom. The van der Waals surface area contributed by atoms with E-state index in [1.54, 1.807) is 13.8 Å². The van der Waals surface area contributed by atoms with E-state index in [0.717, 1.165) is 32.4 Å². The summed E-state index contributed by atoms with van der Waals surface area (Å²) in [6, 6.07) is 0.143. The molecule has 2 rings (SSSR count). The number of carbonyl (C=O) groups excluding carboxylic acids is 1. The number of rotatable bonds is 5. The quantitative estimate of drug-likeness (QED) is 0.819. The molecule has 0 aliphatic carbocycles. The highest BCUT2D eigenvalue weighted by Gasteiger charge is 2.27. The predicted molar refractivity (Wildman–Crippen MR) is 92.3 cm³/mol. The van der Waals surface area contributed by atoms with Crippen molar-refractivity contribution in [3.63, 3.8) is 0 Å². The van der Waals surface area contributed by atoms with Gasteiger partial charge in [-0.3, -0.25) is 0 Å². The van der Waals surface area contributed by atoms with Crippen LogP contribution >= 0.6 is 0 Å². The molecule has 2 unspecified atom stereocenters. The first-order valence-corrected chi connectivity index (χ1v) is 10.7. The first kappa shape index (κ1) is 18.5. The van der Waals surface area contributed by atoms with Gasteiger partial charge in [-0.2, -0.15) is 0 Å². The summed E-state index contributed by atoms with van der Waals surface area (Å²) in [6.07, 6.45) is 5.79. The number of hydrogen-bond acceptors (Lipinski definition) is 4. The van der Waals surface area contributed by atoms with Gasteiger partial charge < -0.3 is 15.1 Å². The predicted octanol–water partition coefficient (Wildman–Crippen LogP) is 1.47. The Morgan fingerprint density at radius 3 is 2.48 bits per heavy atom. The van der Waals surface area contributed by atoms with Gasteiger partial charge in [-0.05, 0) is 52.1 Å². The average molecular weight is 346 g/mol. The van der Waals surface area contributed by atoms with E-state index in [1.807, 2.05) is 4.90 Å². The van der Waals surface area contributed by atoms with Gasteiger partial charge in [0.05, 0.1) is 5.75 Å². The fraction of sp³-hybridized carbons (Fsp3) is 0.938. The molecule has 0 radical (unpaired) electrons. The molecule has 2 aliphatic rings. The smallest absolute Gasteiger partial charge is 0.317 e. The Balaban J connectivity index is 1.80. The van der Waals surface area contributed by atoms with E-state index in [0.29, 0.717) is 6.04 Å². The first-order valence-electron chi connectivity index (χ1n) is 8.91. The molecule has 0 aromatic rings. The van der Waals surface area contributed by atoms with Crippen LogP contribution in [-0.2, 0) is 9.84 Å². The molecular weight excluding hydrogens is 314 g/mol. The summed E-state index contributed by atoms with van der Waals surface area (Å²) in [4.78, 5) is 16.8. The van der Waals surface area contributed by atoms with Crippen LogP contribution in [-0.4, -0.2) is 74.0 Å². The van der Waals surface area contributed by atoms with E-state index < -0.39 is 9.84 Å². The maximum Gasteiger partial charge on any atom is 0.317 e. The molecule has 2 aliphatic heterocycles. The lowest BCUT2D eigenvalue weighted by Gasteiger charge is -2.27. The first-order chi connectivity index (χ1) is 10.9. The Labute approximate surface area is 140 Å². The molecule has 0 aromatic heterocycles. The number of nitrogens with zero attached hydrogens (tertiary/aromatic N) is 2. The molecule has 6 nitrogen and oxygen atoms in total. The summed E-state index contributed by atoms with van der Waals surface area (Å²) < 4.78 is 23.3. The number of likely N-dealkylation sites (tertiary alicyclic amines) is 2. The molecule has 134 valence electrons. The van der Waals surface area contributed by atoms with E-state index in [9.17, 15) is 13.2 Å². The zero-order chi connectivity index (χ0) is 16.9. The van der Waals surface area contributed by atoms with Gasteiger partial charge >= 0.3 is 6.03 Å². The number of sulfone groups is 1. The fourth-order valence-electron chi connectivity index (χ4n) is 3.60. The topological polar surface area (TPSA) is 69.7 Å². The van der Waals surface area contributed by atoms with Crippen molar-refractivity contribution in [2.75, 3.05) is 37.7 Å². The van der Waals surface area contributed by atoms with Crippen molar-refractivity contribution in [2.24, 2.45) is 0 Å². The molecule has 23 heavy (non-hydrogen) atoms. The summed E-state index contributed by atoms with van der Waals surface area (Å²) in [5, 5.41) is 2.85. The lowest BCUT2D eigenvalue weighted by Crippen LogP contribution is -2.46. The third-order valence-corrected chi connectivity index (χ3v) is 6.84. The van der Waals surface area contributed by atoms with E-state index in [4.69, 9.17) is 0 Å². The van der Waals surface area contributed by atoms with Gasteiger partial charge in [0.1, 0.15) is 0 Å². The lowest BCUT2D eigenvalue weighted by atomic mass is 10.1. The molecule has 7 heteroatoms. The van der Waals surface area contributed by atoms with Crippen molar-refractivity contribution in [2.45, 2.75) is 58.0 Å². The average Bonchev–Trinajstić information content (AvgIpc) is 2.91. The van der Waals surface area contributed by atoms with E-state index >= 15 is 0 Å². The highest BCUT2D eigenvalue weighted by molar-refractivity contribution is 7.91. The van der Waals surface area contributed by atoms with Gasteiger partial charge in [0, 0.05) is 30.9 Å². The minimum absolute atomic E-state index is 0.0134. The van der Waals surface area contributed by atoms with Crippen LogP contribution in [0.2, 0.25) is 0 Å². The number of nitrogens with one attached hydrogen (secondary N) is 1. The minimum Gasteiger partial charge on any atom is -0.335 e. The second-order valence-electron chi connectivity index (χ2n) is 6.86. The lowest BCUT2D eigenvalue weighted by molar-refractivity contribution is 0.191. The summed E-state index contributed by atoms with van der Waals surface area (Å²) in [5.74, 6) is 0.133. The van der Waals surface area contributed by atoms with Crippen LogP contribution < -0.4 is 5.32 Å². The minimum atomic E-state index is -3.06. The monoisotopic (exact) mass is 345 g/mol. The SMILES string of the molecule is CCS(=O)(=O)CC(C)NC(=O)N1CCCC(N2CCCC2)CC1. The van der Waals surface area contributed by atoms with Crippen LogP contribution in [0.3, 0.4) is 0 Å². The highest BCUT2D eigenvalue weighted by atomic mass is 32.2. The molecule has 1 N–H and O–H groups in total. The molecule has 0 bridgehead atoms. The number of hydrogen-bond donors (Lipinski definition) is 1. The molecule has 2 saturated heterocycles. The summed E-state index contributed by atoms with van der Waals surface area (Å²) in [5.41, 5.74) is 0. The maximum atomic E-state index is 12.4. The summed E-state index contributed by atoms with van der Waals surface area (Å²) in [7, 11) is -3.06. The standard InChI is InChI=1S/C16H31N3O3S/c1-3-23(21,22)13-14(2)17-16(20)19-11-6-7-15(8-12-19)18-9-4-5-10-18/h14-15H,3-13H2,1-2H3,(H,17,20). The molecule has 2 amide bonds. The fourth-order valence-corrected chi connectivity index (χ4v) is 4.68. The van der Waals surface area contributed by atoms with E-state index in [2.05, 4.69) is 10.2 Å². The highest BCUT2D eigenvalue weighted by Crippen LogP contribution is 2.21. The van der Waals surface area contributed by atoms with Crippen molar-refractivity contribution in [1.82, 2.24) is 15.1 Å². The second kappa shape index (κ2) is 8.33. The van der Waals surface area contributed by atoms with Gasteiger partial charge in [-0.15, -0.1) is 0 Å². The van der Waals surface area contributed by atoms with Crippen LogP contribution in [0.25, 0.3) is 0 Å². The Morgan fingerprint density at radius 2 is 1.83 bits per heavy atom. The molecule has 0 saturated carbocycles. The van der Waals surface area contributed by atoms with Crippen LogP contribution in [0, 0.1) is 0 Å². The maximum absolute atomic E-state index is 12.4. The molecule has 0 spiro atoms. The Kier molecular flexibility index (Phi) is 6.71. The van der Waals surface area contributed by atoms with Gasteiger partial charge in [-0.1, -0.05) is 6.92 Å². The Hall–Kier alpha value is -0.820. The number of amides is 2. The van der Waals surface area contributed by atoms with Crippen LogP contribution in [0.1, 0.15) is 46.0 Å². The van der Waals surface area contributed by atoms with Crippen LogP contribution in [0.15, 0.2) is 0 Å². The number of urea groups is 1.